The van der Waals surface area contributed by atoms with Crippen molar-refractivity contribution in [1.29, 1.82) is 0 Å². The van der Waals surface area contributed by atoms with Crippen LogP contribution in [0.25, 0.3) is 0 Å². The van der Waals surface area contributed by atoms with E-state index in [-0.39, 0.29) is 13.0 Å². The topological polar surface area (TPSA) is 217 Å². The van der Waals surface area contributed by atoms with Gasteiger partial charge in [-0.3, -0.25) is 28.8 Å². The molecule has 1 aromatic carbocycles. The molecule has 0 aliphatic heterocycles. The molecule has 6 N–H and O–H groups in total. The van der Waals surface area contributed by atoms with E-state index in [1.54, 1.807) is 30.3 Å². The Morgan fingerprint density at radius 1 is 0.805 bits per heavy atom. The number of carboxylic acid groups (broad SMARTS) is 2. The molecule has 0 spiro atoms. The first kappa shape index (κ1) is 34.5. The summed E-state index contributed by atoms with van der Waals surface area (Å²) in [5.74, 6) is -7.34. The predicted molar refractivity (Wildman–Crippen MR) is 140 cm³/mol. The highest BCUT2D eigenvalue weighted by atomic mass is 19.1. The largest absolute Gasteiger partial charge is 0.481 e. The Labute approximate surface area is 235 Å². The highest BCUT2D eigenvalue weighted by Gasteiger charge is 2.33. The molecule has 226 valence electrons. The number of alkyl halides is 1. The van der Waals surface area contributed by atoms with Crippen LogP contribution in [-0.4, -0.2) is 82.6 Å². The minimum atomic E-state index is -1.68. The van der Waals surface area contributed by atoms with E-state index >= 15 is 0 Å². The molecule has 0 aromatic heterocycles. The fourth-order valence-electron chi connectivity index (χ4n) is 3.40. The van der Waals surface area contributed by atoms with E-state index < -0.39 is 91.1 Å². The van der Waals surface area contributed by atoms with E-state index in [0.717, 1.165) is 0 Å². The van der Waals surface area contributed by atoms with E-state index in [2.05, 4.69) is 21.3 Å². The zero-order valence-corrected chi connectivity index (χ0v) is 22.8. The van der Waals surface area contributed by atoms with Gasteiger partial charge in [-0.25, -0.2) is 9.18 Å². The lowest BCUT2D eigenvalue weighted by molar-refractivity contribution is -0.141. The van der Waals surface area contributed by atoms with Crippen molar-refractivity contribution >= 4 is 41.5 Å². The van der Waals surface area contributed by atoms with Crippen molar-refractivity contribution in [3.8, 4) is 0 Å². The fraction of sp³-hybridized carbons (Fsp3) is 0.500. The van der Waals surface area contributed by atoms with Crippen molar-refractivity contribution in [1.82, 2.24) is 21.3 Å². The van der Waals surface area contributed by atoms with Crippen LogP contribution in [-0.2, 0) is 40.1 Å². The van der Waals surface area contributed by atoms with E-state index in [0.29, 0.717) is 5.56 Å². The Bertz CT molecular complexity index is 1100. The summed E-state index contributed by atoms with van der Waals surface area (Å²) < 4.78 is 17.9. The van der Waals surface area contributed by atoms with Gasteiger partial charge in [-0.1, -0.05) is 44.2 Å². The lowest BCUT2D eigenvalue weighted by atomic mass is 10.0. The van der Waals surface area contributed by atoms with E-state index in [4.69, 9.17) is 14.9 Å². The van der Waals surface area contributed by atoms with Gasteiger partial charge < -0.3 is 36.2 Å². The van der Waals surface area contributed by atoms with Gasteiger partial charge in [-0.05, 0) is 24.8 Å². The Hall–Kier alpha value is -4.56. The number of halogens is 1. The van der Waals surface area contributed by atoms with Crippen molar-refractivity contribution in [2.45, 2.75) is 70.8 Å². The Morgan fingerprint density at radius 3 is 1.95 bits per heavy atom. The van der Waals surface area contributed by atoms with Crippen LogP contribution in [0, 0.1) is 5.92 Å². The predicted octanol–water partition coefficient (Wildman–Crippen LogP) is 0.290. The number of carbonyl (C=O) groups is 7. The molecule has 15 heteroatoms. The minimum Gasteiger partial charge on any atom is -0.481 e. The van der Waals surface area contributed by atoms with Gasteiger partial charge >= 0.3 is 18.0 Å². The second-order valence-corrected chi connectivity index (χ2v) is 9.41. The maximum Gasteiger partial charge on any atom is 0.408 e. The second-order valence-electron chi connectivity index (χ2n) is 9.41. The Balaban J connectivity index is 2.91. The van der Waals surface area contributed by atoms with Gasteiger partial charge in [0.2, 0.25) is 17.7 Å². The van der Waals surface area contributed by atoms with Crippen LogP contribution in [0.2, 0.25) is 0 Å². The highest BCUT2D eigenvalue weighted by molar-refractivity contribution is 5.96. The zero-order chi connectivity index (χ0) is 31.1. The van der Waals surface area contributed by atoms with Crippen LogP contribution in [0.15, 0.2) is 30.3 Å². The van der Waals surface area contributed by atoms with Gasteiger partial charge in [0.1, 0.15) is 37.4 Å². The zero-order valence-electron chi connectivity index (χ0n) is 22.8. The quantitative estimate of drug-likeness (QED) is 0.147. The number of carboxylic acids is 2. The average molecular weight is 583 g/mol. The summed E-state index contributed by atoms with van der Waals surface area (Å²) in [6.07, 6.45) is -2.72. The SMILES string of the molecule is CC(C)[C@@H](NC(=O)[C@@H](CCC(=O)O)NC(=O)[C@H](C)NC(=O)OCc1ccccc1)C(=O)N[C@H](CC(=O)O)C(=O)CF. The molecule has 0 unspecified atom stereocenters. The second kappa shape index (κ2) is 17.2. The van der Waals surface area contributed by atoms with Crippen LogP contribution < -0.4 is 21.3 Å². The lowest BCUT2D eigenvalue weighted by Crippen LogP contribution is -2.59. The van der Waals surface area contributed by atoms with Crippen molar-refractivity contribution in [3.05, 3.63) is 35.9 Å². The molecule has 0 radical (unpaired) electrons. The molecule has 0 fully saturated rings. The number of ether oxygens (including phenoxy) is 1. The number of nitrogens with one attached hydrogen (secondary N) is 4. The maximum absolute atomic E-state index is 13.0. The molecule has 0 heterocycles. The number of alkyl carbamates (subject to hydrolysis) is 1. The maximum atomic E-state index is 13.0. The third kappa shape index (κ3) is 12.9. The molecule has 1 aromatic rings. The van der Waals surface area contributed by atoms with Crippen LogP contribution in [0.5, 0.6) is 0 Å². The molecule has 4 amide bonds. The summed E-state index contributed by atoms with van der Waals surface area (Å²) in [6, 6.07) is 3.03. The highest BCUT2D eigenvalue weighted by Crippen LogP contribution is 2.08. The Kier molecular flexibility index (Phi) is 14.5. The first-order chi connectivity index (χ1) is 19.2. The van der Waals surface area contributed by atoms with Crippen LogP contribution in [0.3, 0.4) is 0 Å². The van der Waals surface area contributed by atoms with E-state index in [1.165, 1.54) is 20.8 Å². The normalized spacial score (nSPS) is 13.6. The van der Waals surface area contributed by atoms with Gasteiger partial charge in [0.25, 0.3) is 0 Å². The molecule has 0 saturated heterocycles. The molecular weight excluding hydrogens is 547 g/mol. The smallest absolute Gasteiger partial charge is 0.408 e. The molecule has 0 aliphatic carbocycles. The molecule has 0 bridgehead atoms. The van der Waals surface area contributed by atoms with Gasteiger partial charge in [0.15, 0.2) is 5.78 Å². The minimum absolute atomic E-state index is 0.0619. The summed E-state index contributed by atoms with van der Waals surface area (Å²) in [4.78, 5) is 84.5. The van der Waals surface area contributed by atoms with Gasteiger partial charge in [0.05, 0.1) is 6.42 Å². The number of rotatable bonds is 17. The van der Waals surface area contributed by atoms with Gasteiger partial charge in [0, 0.05) is 6.42 Å². The summed E-state index contributed by atoms with van der Waals surface area (Å²) >= 11 is 0. The monoisotopic (exact) mass is 582 g/mol. The average Bonchev–Trinajstić information content (AvgIpc) is 2.91. The van der Waals surface area contributed by atoms with Crippen LogP contribution >= 0.6 is 0 Å². The van der Waals surface area contributed by atoms with Crippen molar-refractivity contribution in [2.75, 3.05) is 6.67 Å². The van der Waals surface area contributed by atoms with Crippen LogP contribution in [0.4, 0.5) is 9.18 Å². The van der Waals surface area contributed by atoms with E-state index in [1.807, 2.05) is 0 Å². The molecule has 41 heavy (non-hydrogen) atoms. The molecule has 4 atom stereocenters. The standard InChI is InChI=1S/C26H35FN4O10/c1-14(2)22(25(39)30-18(11-21(35)36)19(32)12-27)31-24(38)17(9-10-20(33)34)29-23(37)15(3)28-26(40)41-13-16-7-5-4-6-8-16/h4-8,14-15,17-18,22H,9-13H2,1-3H3,(H,28,40)(H,29,37)(H,30,39)(H,31,38)(H,33,34)(H,35,36)/t15-,17+,18+,22+/m0/s1. The molecular formula is C26H35FN4O10. The number of hydrogen-bond donors (Lipinski definition) is 6. The van der Waals surface area contributed by atoms with Gasteiger partial charge in [-0.2, -0.15) is 0 Å². The molecule has 1 rings (SSSR count). The number of amides is 4. The summed E-state index contributed by atoms with van der Waals surface area (Å²) in [5, 5.41) is 27.1. The first-order valence-corrected chi connectivity index (χ1v) is 12.7. The molecule has 0 aliphatic rings. The third-order valence-corrected chi connectivity index (χ3v) is 5.68. The lowest BCUT2D eigenvalue weighted by Gasteiger charge is -2.27. The Morgan fingerprint density at radius 2 is 1.41 bits per heavy atom. The number of hydrogen-bond acceptors (Lipinski definition) is 8. The van der Waals surface area contributed by atoms with Crippen molar-refractivity contribution in [3.63, 3.8) is 0 Å². The fourth-order valence-corrected chi connectivity index (χ4v) is 3.40. The summed E-state index contributed by atoms with van der Waals surface area (Å²) in [5.41, 5.74) is 0.706. The third-order valence-electron chi connectivity index (χ3n) is 5.68. The van der Waals surface area contributed by atoms with Crippen molar-refractivity contribution < 1.29 is 52.9 Å². The molecule has 14 nitrogen and oxygen atoms in total. The number of ketones is 1. The number of carbonyl (C=O) groups excluding carboxylic acids is 5. The first-order valence-electron chi connectivity index (χ1n) is 12.7. The van der Waals surface area contributed by atoms with Gasteiger partial charge in [-0.15, -0.1) is 0 Å². The van der Waals surface area contributed by atoms with Crippen molar-refractivity contribution in [2.24, 2.45) is 5.92 Å². The van der Waals surface area contributed by atoms with Crippen LogP contribution in [0.1, 0.15) is 45.6 Å². The number of benzene rings is 1. The molecule has 0 saturated carbocycles. The summed E-state index contributed by atoms with van der Waals surface area (Å²) in [6.45, 7) is 2.76. The number of aliphatic carboxylic acids is 2. The number of Topliss-reactive ketones (excluding diaryl/α,β-unsaturated/α-hetero) is 1. The summed E-state index contributed by atoms with van der Waals surface area (Å²) in [7, 11) is 0. The van der Waals surface area contributed by atoms with E-state index in [9.17, 15) is 38.0 Å².